The Labute approximate surface area is 156 Å². The number of hydrogen-bond acceptors (Lipinski definition) is 1. The molecule has 0 aliphatic heterocycles. The summed E-state index contributed by atoms with van der Waals surface area (Å²) in [5.74, 6) is 2.51. The first-order valence-corrected chi connectivity index (χ1v) is 10.7. The minimum absolute atomic E-state index is 0.168. The molecular formula is C23H29FS. The smallest absolute Gasteiger partial charge is 0.123 e. The highest BCUT2D eigenvalue weighted by Crippen LogP contribution is 2.37. The molecular weight excluding hydrogens is 327 g/mol. The number of unbranched alkanes of at least 4 members (excludes halogenated alkanes) is 1. The van der Waals surface area contributed by atoms with Crippen LogP contribution >= 0.6 is 11.8 Å². The minimum Gasteiger partial charge on any atom is -0.207 e. The Balaban J connectivity index is 1.48. The first-order chi connectivity index (χ1) is 12.2. The number of halogens is 1. The van der Waals surface area contributed by atoms with E-state index in [0.717, 1.165) is 22.5 Å². The third-order valence-electron chi connectivity index (χ3n) is 5.48. The van der Waals surface area contributed by atoms with Gasteiger partial charge in [0.05, 0.1) is 0 Å². The third kappa shape index (κ3) is 5.60. The van der Waals surface area contributed by atoms with Crippen molar-refractivity contribution in [1.82, 2.24) is 0 Å². The maximum Gasteiger partial charge on any atom is 0.123 e. The molecule has 134 valence electrons. The second-order valence-corrected chi connectivity index (χ2v) is 8.39. The normalized spacial score (nSPS) is 20.6. The lowest BCUT2D eigenvalue weighted by Crippen LogP contribution is -2.13. The molecule has 0 saturated heterocycles. The Bertz CT molecular complexity index is 624. The van der Waals surface area contributed by atoms with E-state index in [1.165, 1.54) is 68.2 Å². The number of rotatable bonds is 7. The van der Waals surface area contributed by atoms with Gasteiger partial charge >= 0.3 is 0 Å². The van der Waals surface area contributed by atoms with Crippen LogP contribution in [-0.2, 0) is 5.75 Å². The average molecular weight is 357 g/mol. The summed E-state index contributed by atoms with van der Waals surface area (Å²) in [5, 5.41) is 0. The molecule has 0 heterocycles. The van der Waals surface area contributed by atoms with Crippen molar-refractivity contribution in [1.29, 1.82) is 0 Å². The van der Waals surface area contributed by atoms with Gasteiger partial charge in [0.2, 0.25) is 0 Å². The fourth-order valence-corrected chi connectivity index (χ4v) is 4.72. The average Bonchev–Trinajstić information content (AvgIpc) is 2.67. The minimum atomic E-state index is -0.168. The number of thioether (sulfide) groups is 1. The Morgan fingerprint density at radius 3 is 2.24 bits per heavy atom. The third-order valence-corrected chi connectivity index (χ3v) is 6.57. The topological polar surface area (TPSA) is 0 Å². The van der Waals surface area contributed by atoms with E-state index in [-0.39, 0.29) is 5.82 Å². The largest absolute Gasteiger partial charge is 0.207 e. The van der Waals surface area contributed by atoms with E-state index >= 15 is 0 Å². The zero-order valence-electron chi connectivity index (χ0n) is 15.2. The molecule has 3 rings (SSSR count). The number of hydrogen-bond donors (Lipinski definition) is 0. The van der Waals surface area contributed by atoms with E-state index in [9.17, 15) is 4.39 Å². The molecule has 1 aliphatic carbocycles. The predicted molar refractivity (Wildman–Crippen MR) is 107 cm³/mol. The van der Waals surface area contributed by atoms with Crippen molar-refractivity contribution in [3.63, 3.8) is 0 Å². The standard InChI is InChI=1S/C23H29FS/c1-2-3-4-18-5-9-20(10-6-18)21-11-7-19(8-12-21)17-25-23-15-13-22(24)14-16-23/h7-8,11-16,18,20H,2-6,9-10,17H2,1H3/t18-,20-. The van der Waals surface area contributed by atoms with Crippen LogP contribution in [0.3, 0.4) is 0 Å². The van der Waals surface area contributed by atoms with E-state index in [2.05, 4.69) is 31.2 Å². The SMILES string of the molecule is CCCC[C@H]1CC[C@H](c2ccc(CSc3ccc(F)cc3)cc2)CC1. The molecule has 0 unspecified atom stereocenters. The van der Waals surface area contributed by atoms with Gasteiger partial charge in [0.15, 0.2) is 0 Å². The van der Waals surface area contributed by atoms with Crippen LogP contribution in [-0.4, -0.2) is 0 Å². The van der Waals surface area contributed by atoms with Gasteiger partial charge in [-0.15, -0.1) is 11.8 Å². The first-order valence-electron chi connectivity index (χ1n) is 9.72. The van der Waals surface area contributed by atoms with Crippen molar-refractivity contribution in [3.05, 3.63) is 65.5 Å². The highest BCUT2D eigenvalue weighted by molar-refractivity contribution is 7.98. The molecule has 0 aromatic heterocycles. The summed E-state index contributed by atoms with van der Waals surface area (Å²) < 4.78 is 12.9. The Morgan fingerprint density at radius 1 is 0.920 bits per heavy atom. The summed E-state index contributed by atoms with van der Waals surface area (Å²) in [7, 11) is 0. The van der Waals surface area contributed by atoms with E-state index in [0.29, 0.717) is 0 Å². The Morgan fingerprint density at radius 2 is 1.60 bits per heavy atom. The maximum absolute atomic E-state index is 12.9. The van der Waals surface area contributed by atoms with Crippen LogP contribution in [0.5, 0.6) is 0 Å². The van der Waals surface area contributed by atoms with Crippen molar-refractivity contribution in [2.24, 2.45) is 5.92 Å². The Hall–Kier alpha value is -1.28. The van der Waals surface area contributed by atoms with Gasteiger partial charge < -0.3 is 0 Å². The van der Waals surface area contributed by atoms with E-state index in [1.807, 2.05) is 12.1 Å². The van der Waals surface area contributed by atoms with Gasteiger partial charge in [0.25, 0.3) is 0 Å². The van der Waals surface area contributed by atoms with Gasteiger partial charge in [-0.25, -0.2) is 4.39 Å². The van der Waals surface area contributed by atoms with Crippen LogP contribution in [0.25, 0.3) is 0 Å². The molecule has 0 spiro atoms. The van der Waals surface area contributed by atoms with Crippen LogP contribution in [0.2, 0.25) is 0 Å². The second kappa shape index (κ2) is 9.43. The van der Waals surface area contributed by atoms with E-state index in [4.69, 9.17) is 0 Å². The highest BCUT2D eigenvalue weighted by Gasteiger charge is 2.21. The number of benzene rings is 2. The predicted octanol–water partition coefficient (Wildman–Crippen LogP) is 7.58. The first kappa shape index (κ1) is 18.5. The van der Waals surface area contributed by atoms with Crippen molar-refractivity contribution in [3.8, 4) is 0 Å². The lowest BCUT2D eigenvalue weighted by atomic mass is 9.77. The second-order valence-electron chi connectivity index (χ2n) is 7.34. The monoisotopic (exact) mass is 356 g/mol. The van der Waals surface area contributed by atoms with Crippen LogP contribution in [0, 0.1) is 11.7 Å². The zero-order chi connectivity index (χ0) is 17.5. The molecule has 2 heteroatoms. The molecule has 25 heavy (non-hydrogen) atoms. The molecule has 0 bridgehead atoms. The summed E-state index contributed by atoms with van der Waals surface area (Å²) in [6.07, 6.45) is 9.70. The molecule has 1 saturated carbocycles. The molecule has 1 fully saturated rings. The lowest BCUT2D eigenvalue weighted by molar-refractivity contribution is 0.304. The quantitative estimate of drug-likeness (QED) is 0.461. The molecule has 0 atom stereocenters. The molecule has 0 amide bonds. The van der Waals surface area contributed by atoms with Gasteiger partial charge in [0.1, 0.15) is 5.82 Å². The van der Waals surface area contributed by atoms with Crippen molar-refractivity contribution in [2.45, 2.75) is 68.4 Å². The molecule has 0 nitrogen and oxygen atoms in total. The molecule has 2 aromatic rings. The van der Waals surface area contributed by atoms with Crippen molar-refractivity contribution in [2.75, 3.05) is 0 Å². The van der Waals surface area contributed by atoms with Gasteiger partial charge in [-0.1, -0.05) is 50.5 Å². The van der Waals surface area contributed by atoms with Crippen LogP contribution in [0.15, 0.2) is 53.4 Å². The van der Waals surface area contributed by atoms with Crippen LogP contribution in [0.1, 0.15) is 68.9 Å². The van der Waals surface area contributed by atoms with Crippen LogP contribution < -0.4 is 0 Å². The molecule has 0 N–H and O–H groups in total. The fraction of sp³-hybridized carbons (Fsp3) is 0.478. The summed E-state index contributed by atoms with van der Waals surface area (Å²) >= 11 is 1.76. The fourth-order valence-electron chi connectivity index (χ4n) is 3.86. The zero-order valence-corrected chi connectivity index (χ0v) is 16.0. The molecule has 0 radical (unpaired) electrons. The highest BCUT2D eigenvalue weighted by atomic mass is 32.2. The maximum atomic E-state index is 12.9. The molecule has 1 aliphatic rings. The Kier molecular flexibility index (Phi) is 6.98. The van der Waals surface area contributed by atoms with Crippen molar-refractivity contribution >= 4 is 11.8 Å². The lowest BCUT2D eigenvalue weighted by Gasteiger charge is -2.29. The van der Waals surface area contributed by atoms with Gasteiger partial charge in [-0.3, -0.25) is 0 Å². The summed E-state index contributed by atoms with van der Waals surface area (Å²) in [4.78, 5) is 1.12. The van der Waals surface area contributed by atoms with E-state index < -0.39 is 0 Å². The van der Waals surface area contributed by atoms with Gasteiger partial charge in [0, 0.05) is 10.6 Å². The van der Waals surface area contributed by atoms with Gasteiger partial charge in [-0.2, -0.15) is 0 Å². The summed E-state index contributed by atoms with van der Waals surface area (Å²) in [5.41, 5.74) is 2.86. The molecule has 2 aromatic carbocycles. The summed E-state index contributed by atoms with van der Waals surface area (Å²) in [6, 6.07) is 16.0. The van der Waals surface area contributed by atoms with Crippen LogP contribution in [0.4, 0.5) is 4.39 Å². The summed E-state index contributed by atoms with van der Waals surface area (Å²) in [6.45, 7) is 2.29. The van der Waals surface area contributed by atoms with Gasteiger partial charge in [-0.05, 0) is 72.9 Å². The van der Waals surface area contributed by atoms with E-state index in [1.54, 1.807) is 11.8 Å². The van der Waals surface area contributed by atoms with Crippen molar-refractivity contribution < 1.29 is 4.39 Å².